The zero-order valence-corrected chi connectivity index (χ0v) is 9.09. The average Bonchev–Trinajstić information content (AvgIpc) is 2.76. The lowest BCUT2D eigenvalue weighted by Crippen LogP contribution is -2.27. The Morgan fingerprint density at radius 2 is 2.21 bits per heavy atom. The molecule has 2 rings (SSSR count). The first-order valence-electron chi connectivity index (χ1n) is 6.06. The monoisotopic (exact) mass is 195 g/mol. The third-order valence-corrected chi connectivity index (χ3v) is 3.90. The predicted molar refractivity (Wildman–Crippen MR) is 56.9 cm³/mol. The van der Waals surface area contributed by atoms with Gasteiger partial charge >= 0.3 is 0 Å². The zero-order chi connectivity index (χ0) is 9.97. The van der Waals surface area contributed by atoms with Gasteiger partial charge in [0.2, 0.25) is 5.91 Å². The van der Waals surface area contributed by atoms with Gasteiger partial charge in [-0.25, -0.2) is 0 Å². The molecule has 0 aromatic heterocycles. The Kier molecular flexibility index (Phi) is 3.09. The molecule has 0 radical (unpaired) electrons. The maximum absolute atomic E-state index is 11.5. The number of carbonyl (C=O) groups excluding carboxylic acids is 1. The lowest BCUT2D eigenvalue weighted by atomic mass is 9.86. The molecule has 0 aromatic carbocycles. The Balaban J connectivity index is 1.73. The Morgan fingerprint density at radius 3 is 2.79 bits per heavy atom. The first-order chi connectivity index (χ1) is 6.79. The molecule has 0 heterocycles. The number of rotatable bonds is 4. The van der Waals surface area contributed by atoms with E-state index in [0.29, 0.717) is 5.92 Å². The normalized spacial score (nSPS) is 34.8. The molecule has 2 bridgehead atoms. The van der Waals surface area contributed by atoms with Crippen molar-refractivity contribution in [2.75, 3.05) is 6.54 Å². The third kappa shape index (κ3) is 2.10. The Labute approximate surface area is 86.5 Å². The van der Waals surface area contributed by atoms with Crippen molar-refractivity contribution in [3.05, 3.63) is 0 Å². The highest BCUT2D eigenvalue weighted by atomic mass is 16.1. The summed E-state index contributed by atoms with van der Waals surface area (Å²) in [4.78, 5) is 11.5. The molecular weight excluding hydrogens is 174 g/mol. The van der Waals surface area contributed by atoms with E-state index in [-0.39, 0.29) is 5.91 Å². The molecule has 1 amide bonds. The number of amides is 1. The van der Waals surface area contributed by atoms with Crippen LogP contribution in [0.4, 0.5) is 0 Å². The van der Waals surface area contributed by atoms with Gasteiger partial charge in [-0.1, -0.05) is 13.3 Å². The summed E-state index contributed by atoms with van der Waals surface area (Å²) in [6.45, 7) is 2.94. The number of nitrogens with one attached hydrogen (secondary N) is 1. The second kappa shape index (κ2) is 4.33. The molecule has 80 valence electrons. The van der Waals surface area contributed by atoms with Gasteiger partial charge in [0.15, 0.2) is 0 Å². The molecule has 2 nitrogen and oxygen atoms in total. The van der Waals surface area contributed by atoms with Gasteiger partial charge in [-0.05, 0) is 43.4 Å². The van der Waals surface area contributed by atoms with Crippen LogP contribution in [-0.2, 0) is 4.79 Å². The number of carbonyl (C=O) groups is 1. The van der Waals surface area contributed by atoms with Crippen LogP contribution in [0.5, 0.6) is 0 Å². The third-order valence-electron chi connectivity index (χ3n) is 3.90. The summed E-state index contributed by atoms with van der Waals surface area (Å²) in [6, 6.07) is 0. The van der Waals surface area contributed by atoms with Crippen LogP contribution in [0.2, 0.25) is 0 Å². The molecule has 14 heavy (non-hydrogen) atoms. The molecule has 3 atom stereocenters. The van der Waals surface area contributed by atoms with Crippen LogP contribution in [0.15, 0.2) is 0 Å². The van der Waals surface area contributed by atoms with Crippen molar-refractivity contribution in [1.82, 2.24) is 5.32 Å². The lowest BCUT2D eigenvalue weighted by Gasteiger charge is -2.20. The molecule has 2 aliphatic carbocycles. The van der Waals surface area contributed by atoms with Crippen molar-refractivity contribution < 1.29 is 4.79 Å². The maximum Gasteiger partial charge on any atom is 0.220 e. The van der Waals surface area contributed by atoms with Gasteiger partial charge in [0.1, 0.15) is 0 Å². The largest absolute Gasteiger partial charge is 0.356 e. The van der Waals surface area contributed by atoms with Crippen molar-refractivity contribution >= 4 is 5.91 Å². The second-order valence-electron chi connectivity index (χ2n) is 4.99. The minimum Gasteiger partial charge on any atom is -0.356 e. The molecule has 2 aliphatic rings. The summed E-state index contributed by atoms with van der Waals surface area (Å²) < 4.78 is 0. The van der Waals surface area contributed by atoms with Crippen LogP contribution in [0.25, 0.3) is 0 Å². The van der Waals surface area contributed by atoms with E-state index in [1.54, 1.807) is 0 Å². The van der Waals surface area contributed by atoms with Crippen LogP contribution in [0, 0.1) is 17.8 Å². The van der Waals surface area contributed by atoms with Gasteiger partial charge in [-0.2, -0.15) is 0 Å². The average molecular weight is 195 g/mol. The van der Waals surface area contributed by atoms with E-state index in [1.807, 2.05) is 0 Å². The van der Waals surface area contributed by atoms with E-state index in [2.05, 4.69) is 12.2 Å². The van der Waals surface area contributed by atoms with Gasteiger partial charge in [0.05, 0.1) is 0 Å². The van der Waals surface area contributed by atoms with E-state index in [0.717, 1.165) is 31.2 Å². The molecular formula is C12H21NO. The molecule has 3 unspecified atom stereocenters. The fraction of sp³-hybridized carbons (Fsp3) is 0.917. The highest BCUT2D eigenvalue weighted by Crippen LogP contribution is 2.49. The summed E-state index contributed by atoms with van der Waals surface area (Å²) in [5.41, 5.74) is 0. The summed E-state index contributed by atoms with van der Waals surface area (Å²) in [5, 5.41) is 2.98. The van der Waals surface area contributed by atoms with Gasteiger partial charge in [-0.3, -0.25) is 4.79 Å². The number of fused-ring (bicyclic) bond motifs is 2. The number of hydrogen-bond donors (Lipinski definition) is 1. The first kappa shape index (κ1) is 10.0. The fourth-order valence-electron chi connectivity index (χ4n) is 3.20. The first-order valence-corrected chi connectivity index (χ1v) is 6.06. The van der Waals surface area contributed by atoms with Gasteiger partial charge in [0, 0.05) is 13.0 Å². The van der Waals surface area contributed by atoms with Crippen molar-refractivity contribution in [1.29, 1.82) is 0 Å². The quantitative estimate of drug-likeness (QED) is 0.733. The highest BCUT2D eigenvalue weighted by Gasteiger charge is 2.39. The minimum atomic E-state index is 0.282. The van der Waals surface area contributed by atoms with Crippen LogP contribution >= 0.6 is 0 Å². The Morgan fingerprint density at radius 1 is 1.36 bits per heavy atom. The molecule has 0 aliphatic heterocycles. The standard InChI is InChI=1S/C12H21NO/c1-2-5-13-12(14)8-11-7-9-3-4-10(11)6-9/h9-11H,2-8H2,1H3,(H,13,14). The van der Waals surface area contributed by atoms with Gasteiger partial charge in [-0.15, -0.1) is 0 Å². The minimum absolute atomic E-state index is 0.282. The summed E-state index contributed by atoms with van der Waals surface area (Å²) >= 11 is 0. The summed E-state index contributed by atoms with van der Waals surface area (Å²) in [6.07, 6.45) is 7.38. The van der Waals surface area contributed by atoms with Crippen molar-refractivity contribution in [2.45, 2.75) is 45.4 Å². The molecule has 0 spiro atoms. The molecule has 0 saturated heterocycles. The maximum atomic E-state index is 11.5. The van der Waals surface area contributed by atoms with Crippen LogP contribution in [0.1, 0.15) is 45.4 Å². The topological polar surface area (TPSA) is 29.1 Å². The van der Waals surface area contributed by atoms with E-state index in [4.69, 9.17) is 0 Å². The van der Waals surface area contributed by atoms with E-state index in [9.17, 15) is 4.79 Å². The van der Waals surface area contributed by atoms with E-state index >= 15 is 0 Å². The Bertz CT molecular complexity index is 214. The lowest BCUT2D eigenvalue weighted by molar-refractivity contribution is -0.122. The van der Waals surface area contributed by atoms with Gasteiger partial charge < -0.3 is 5.32 Å². The number of hydrogen-bond acceptors (Lipinski definition) is 1. The smallest absolute Gasteiger partial charge is 0.220 e. The van der Waals surface area contributed by atoms with E-state index < -0.39 is 0 Å². The van der Waals surface area contributed by atoms with Crippen LogP contribution in [0.3, 0.4) is 0 Å². The van der Waals surface area contributed by atoms with Crippen LogP contribution < -0.4 is 5.32 Å². The molecule has 2 fully saturated rings. The molecule has 2 heteroatoms. The van der Waals surface area contributed by atoms with Gasteiger partial charge in [0.25, 0.3) is 0 Å². The molecule has 0 aromatic rings. The fourth-order valence-corrected chi connectivity index (χ4v) is 3.20. The molecule has 2 saturated carbocycles. The van der Waals surface area contributed by atoms with E-state index in [1.165, 1.54) is 25.7 Å². The van der Waals surface area contributed by atoms with Crippen LogP contribution in [-0.4, -0.2) is 12.5 Å². The predicted octanol–water partition coefficient (Wildman–Crippen LogP) is 2.34. The SMILES string of the molecule is CCCNC(=O)CC1CC2CCC1C2. The zero-order valence-electron chi connectivity index (χ0n) is 9.09. The highest BCUT2D eigenvalue weighted by molar-refractivity contribution is 5.76. The van der Waals surface area contributed by atoms with Crippen molar-refractivity contribution in [2.24, 2.45) is 17.8 Å². The Hall–Kier alpha value is -0.530. The van der Waals surface area contributed by atoms with Crippen molar-refractivity contribution in [3.8, 4) is 0 Å². The molecule has 1 N–H and O–H groups in total. The van der Waals surface area contributed by atoms with Crippen molar-refractivity contribution in [3.63, 3.8) is 0 Å². The summed E-state index contributed by atoms with van der Waals surface area (Å²) in [7, 11) is 0. The summed E-state index contributed by atoms with van der Waals surface area (Å²) in [5.74, 6) is 2.84. The second-order valence-corrected chi connectivity index (χ2v) is 4.99.